The monoisotopic (exact) mass is 360 g/mol. The minimum absolute atomic E-state index is 0.0835. The van der Waals surface area contributed by atoms with E-state index in [1.807, 2.05) is 0 Å². The van der Waals surface area contributed by atoms with Gasteiger partial charge >= 0.3 is 0 Å². The molecule has 1 aliphatic rings. The van der Waals surface area contributed by atoms with Crippen LogP contribution in [0.5, 0.6) is 0 Å². The first-order valence-corrected chi connectivity index (χ1v) is 9.50. The average molecular weight is 360 g/mol. The summed E-state index contributed by atoms with van der Waals surface area (Å²) in [5, 5.41) is 2.02. The van der Waals surface area contributed by atoms with E-state index in [0.717, 1.165) is 18.2 Å². The van der Waals surface area contributed by atoms with E-state index in [4.69, 9.17) is 0 Å². The third-order valence-electron chi connectivity index (χ3n) is 4.18. The van der Waals surface area contributed by atoms with E-state index in [0.29, 0.717) is 25.7 Å². The molecule has 1 saturated carbocycles. The molecule has 0 aromatic heterocycles. The van der Waals surface area contributed by atoms with E-state index < -0.39 is 26.9 Å². The second-order valence-corrected chi connectivity index (χ2v) is 8.68. The SMILES string of the molecule is CC(C)S(=O)(=O)N[C@H]1CC[C@H](C(=O)Nc2cc(F)cc(F)c2)CC1. The van der Waals surface area contributed by atoms with Crippen molar-refractivity contribution >= 4 is 21.6 Å². The molecule has 24 heavy (non-hydrogen) atoms. The maximum atomic E-state index is 13.1. The summed E-state index contributed by atoms with van der Waals surface area (Å²) in [7, 11) is -3.33. The van der Waals surface area contributed by atoms with E-state index in [1.165, 1.54) is 0 Å². The first-order chi connectivity index (χ1) is 11.2. The van der Waals surface area contributed by atoms with Crippen LogP contribution in [0.4, 0.5) is 14.5 Å². The first-order valence-electron chi connectivity index (χ1n) is 7.95. The minimum atomic E-state index is -3.33. The van der Waals surface area contributed by atoms with Crippen LogP contribution in [0.15, 0.2) is 18.2 Å². The van der Waals surface area contributed by atoms with Crippen molar-refractivity contribution in [2.75, 3.05) is 5.32 Å². The summed E-state index contributed by atoms with van der Waals surface area (Å²) < 4.78 is 52.7. The third-order valence-corrected chi connectivity index (χ3v) is 6.08. The molecule has 2 rings (SSSR count). The number of nitrogens with one attached hydrogen (secondary N) is 2. The first kappa shape index (κ1) is 18.8. The van der Waals surface area contributed by atoms with Crippen LogP contribution in [0.25, 0.3) is 0 Å². The zero-order chi connectivity index (χ0) is 17.9. The van der Waals surface area contributed by atoms with Gasteiger partial charge in [-0.1, -0.05) is 0 Å². The third kappa shape index (κ3) is 4.98. The van der Waals surface area contributed by atoms with Crippen molar-refractivity contribution in [1.29, 1.82) is 0 Å². The molecule has 2 N–H and O–H groups in total. The molecule has 0 unspecified atom stereocenters. The lowest BCUT2D eigenvalue weighted by molar-refractivity contribution is -0.120. The number of rotatable bonds is 5. The molecule has 1 aromatic carbocycles. The van der Waals surface area contributed by atoms with Crippen LogP contribution in [-0.2, 0) is 14.8 Å². The molecule has 0 atom stereocenters. The second-order valence-electron chi connectivity index (χ2n) is 6.41. The summed E-state index contributed by atoms with van der Waals surface area (Å²) in [6.07, 6.45) is 2.16. The summed E-state index contributed by atoms with van der Waals surface area (Å²) in [5.41, 5.74) is 0.0835. The number of carbonyl (C=O) groups excluding carboxylic acids is 1. The summed E-state index contributed by atoms with van der Waals surface area (Å²) in [4.78, 5) is 12.2. The van der Waals surface area contributed by atoms with Gasteiger partial charge < -0.3 is 5.32 Å². The Morgan fingerprint density at radius 1 is 1.08 bits per heavy atom. The lowest BCUT2D eigenvalue weighted by atomic mass is 9.86. The Balaban J connectivity index is 1.89. The zero-order valence-electron chi connectivity index (χ0n) is 13.7. The largest absolute Gasteiger partial charge is 0.326 e. The maximum absolute atomic E-state index is 13.1. The van der Waals surface area contributed by atoms with Gasteiger partial charge in [-0.05, 0) is 51.7 Å². The van der Waals surface area contributed by atoms with Crippen LogP contribution in [0, 0.1) is 17.6 Å². The average Bonchev–Trinajstić information content (AvgIpc) is 2.46. The van der Waals surface area contributed by atoms with Gasteiger partial charge in [0.1, 0.15) is 11.6 Å². The summed E-state index contributed by atoms with van der Waals surface area (Å²) in [6, 6.07) is 2.68. The van der Waals surface area contributed by atoms with E-state index in [9.17, 15) is 22.0 Å². The predicted octanol–water partition coefficient (Wildman–Crippen LogP) is 2.79. The molecular formula is C16H22F2N2O3S. The molecule has 1 aliphatic carbocycles. The van der Waals surface area contributed by atoms with E-state index >= 15 is 0 Å². The van der Waals surface area contributed by atoms with Crippen molar-refractivity contribution in [3.05, 3.63) is 29.8 Å². The molecule has 0 saturated heterocycles. The highest BCUT2D eigenvalue weighted by Crippen LogP contribution is 2.26. The number of halogens is 2. The van der Waals surface area contributed by atoms with E-state index in [2.05, 4.69) is 10.0 Å². The number of benzene rings is 1. The highest BCUT2D eigenvalue weighted by molar-refractivity contribution is 7.90. The molecule has 8 heteroatoms. The normalized spacial score (nSPS) is 21.7. The molecule has 0 bridgehead atoms. The fraction of sp³-hybridized carbons (Fsp3) is 0.562. The van der Waals surface area contributed by atoms with Crippen molar-refractivity contribution in [2.45, 2.75) is 50.8 Å². The fourth-order valence-corrected chi connectivity index (χ4v) is 3.68. The van der Waals surface area contributed by atoms with Gasteiger partial charge in [0.15, 0.2) is 0 Å². The smallest absolute Gasteiger partial charge is 0.227 e. The Morgan fingerprint density at radius 2 is 1.62 bits per heavy atom. The number of amides is 1. The highest BCUT2D eigenvalue weighted by atomic mass is 32.2. The number of sulfonamides is 1. The maximum Gasteiger partial charge on any atom is 0.227 e. The molecule has 1 amide bonds. The molecule has 0 aliphatic heterocycles. The Morgan fingerprint density at radius 3 is 2.12 bits per heavy atom. The van der Waals surface area contributed by atoms with Gasteiger partial charge in [0.25, 0.3) is 0 Å². The highest BCUT2D eigenvalue weighted by Gasteiger charge is 2.29. The van der Waals surface area contributed by atoms with Gasteiger partial charge in [0.05, 0.1) is 5.25 Å². The van der Waals surface area contributed by atoms with Crippen LogP contribution in [0.3, 0.4) is 0 Å². The molecule has 0 heterocycles. The van der Waals surface area contributed by atoms with Gasteiger partial charge in [-0.25, -0.2) is 21.9 Å². The Hall–Kier alpha value is -1.54. The lowest BCUT2D eigenvalue weighted by Gasteiger charge is -2.28. The van der Waals surface area contributed by atoms with Crippen LogP contribution in [0.2, 0.25) is 0 Å². The summed E-state index contributed by atoms with van der Waals surface area (Å²) in [5.74, 6) is -2.10. The standard InChI is InChI=1S/C16H22F2N2O3S/c1-10(2)24(22,23)20-14-5-3-11(4-6-14)16(21)19-15-8-12(17)7-13(18)9-15/h7-11,14,20H,3-6H2,1-2H3,(H,19,21)/t11-,14-. The Kier molecular flexibility index (Phi) is 5.92. The molecule has 1 aromatic rings. The number of hydrogen-bond acceptors (Lipinski definition) is 3. The van der Waals surface area contributed by atoms with Crippen LogP contribution < -0.4 is 10.0 Å². The molecule has 0 radical (unpaired) electrons. The molecule has 0 spiro atoms. The number of carbonyl (C=O) groups is 1. The van der Waals surface area contributed by atoms with E-state index in [1.54, 1.807) is 13.8 Å². The second kappa shape index (κ2) is 7.57. The van der Waals surface area contributed by atoms with Crippen LogP contribution in [-0.4, -0.2) is 25.6 Å². The lowest BCUT2D eigenvalue weighted by Crippen LogP contribution is -2.42. The molecule has 1 fully saturated rings. The molecule has 5 nitrogen and oxygen atoms in total. The fourth-order valence-electron chi connectivity index (χ4n) is 2.71. The van der Waals surface area contributed by atoms with Gasteiger partial charge in [-0.15, -0.1) is 0 Å². The van der Waals surface area contributed by atoms with Crippen LogP contribution >= 0.6 is 0 Å². The topological polar surface area (TPSA) is 75.3 Å². The van der Waals surface area contributed by atoms with Crippen molar-refractivity contribution < 1.29 is 22.0 Å². The number of anilines is 1. The summed E-state index contributed by atoms with van der Waals surface area (Å²) >= 11 is 0. The van der Waals surface area contributed by atoms with Crippen molar-refractivity contribution in [3.63, 3.8) is 0 Å². The molecule has 134 valence electrons. The minimum Gasteiger partial charge on any atom is -0.326 e. The van der Waals surface area contributed by atoms with Gasteiger partial charge in [-0.3, -0.25) is 4.79 Å². The van der Waals surface area contributed by atoms with Gasteiger partial charge in [0, 0.05) is 23.7 Å². The van der Waals surface area contributed by atoms with Gasteiger partial charge in [-0.2, -0.15) is 0 Å². The quantitative estimate of drug-likeness (QED) is 0.848. The Bertz CT molecular complexity index is 679. The van der Waals surface area contributed by atoms with E-state index in [-0.39, 0.29) is 23.6 Å². The van der Waals surface area contributed by atoms with Crippen molar-refractivity contribution in [2.24, 2.45) is 5.92 Å². The Labute approximate surface area is 140 Å². The zero-order valence-corrected chi connectivity index (χ0v) is 14.5. The van der Waals surface area contributed by atoms with Crippen molar-refractivity contribution in [3.8, 4) is 0 Å². The van der Waals surface area contributed by atoms with Crippen molar-refractivity contribution in [1.82, 2.24) is 4.72 Å². The predicted molar refractivity (Wildman–Crippen MR) is 87.9 cm³/mol. The number of hydrogen-bond donors (Lipinski definition) is 2. The summed E-state index contributed by atoms with van der Waals surface area (Å²) in [6.45, 7) is 3.22. The van der Waals surface area contributed by atoms with Crippen LogP contribution in [0.1, 0.15) is 39.5 Å². The molecular weight excluding hydrogens is 338 g/mol. The van der Waals surface area contributed by atoms with Gasteiger partial charge in [0.2, 0.25) is 15.9 Å².